The van der Waals surface area contributed by atoms with Crippen LogP contribution >= 0.6 is 12.2 Å². The summed E-state index contributed by atoms with van der Waals surface area (Å²) >= 11 is 5.66. The van der Waals surface area contributed by atoms with E-state index in [0.717, 1.165) is 29.3 Å². The lowest BCUT2D eigenvalue weighted by Gasteiger charge is -2.28. The smallest absolute Gasteiger partial charge is 0.416 e. The summed E-state index contributed by atoms with van der Waals surface area (Å²) in [6.45, 7) is 0.403. The molecule has 1 aromatic carbocycles. The number of benzene rings is 1. The number of nitrogens with one attached hydrogen (secondary N) is 1. The second kappa shape index (κ2) is 8.40. The van der Waals surface area contributed by atoms with E-state index in [9.17, 15) is 13.2 Å². The molecule has 0 spiro atoms. The molecule has 5 nitrogen and oxygen atoms in total. The minimum atomic E-state index is -4.43. The first-order valence-corrected chi connectivity index (χ1v) is 10.7. The lowest BCUT2D eigenvalue weighted by atomic mass is 10.0. The second-order valence-electron chi connectivity index (χ2n) is 7.69. The first-order chi connectivity index (χ1) is 15.9. The molecule has 0 amide bonds. The maximum Gasteiger partial charge on any atom is 0.416 e. The maximum absolute atomic E-state index is 13.4. The molecule has 1 aliphatic heterocycles. The van der Waals surface area contributed by atoms with E-state index >= 15 is 0 Å². The quantitative estimate of drug-likeness (QED) is 0.383. The van der Waals surface area contributed by atoms with Crippen molar-refractivity contribution in [1.82, 2.24) is 19.8 Å². The van der Waals surface area contributed by atoms with Gasteiger partial charge in [-0.2, -0.15) is 13.2 Å². The second-order valence-corrected chi connectivity index (χ2v) is 8.07. The molecule has 4 heterocycles. The fraction of sp³-hybridized carbons (Fsp3) is 0.167. The number of furan rings is 1. The van der Waals surface area contributed by atoms with Crippen LogP contribution < -0.4 is 5.32 Å². The van der Waals surface area contributed by atoms with Gasteiger partial charge in [0.1, 0.15) is 5.76 Å². The van der Waals surface area contributed by atoms with Crippen LogP contribution in [0.15, 0.2) is 89.8 Å². The standard InChI is InChI=1S/C24H19F3N4OS/c25-24(26,27)16-6-3-7-17(14-16)30-12-4-10-20(30)22-21(19-9-1-2-11-28-19)29-23(33)31(22)15-18-8-5-13-32-18/h1-14,21-22H,15H2,(H,29,33)/t21-,22-/m1/s1. The number of aromatic nitrogens is 2. The van der Waals surface area contributed by atoms with Gasteiger partial charge in [-0.25, -0.2) is 0 Å². The Bertz CT molecular complexity index is 1250. The van der Waals surface area contributed by atoms with E-state index < -0.39 is 11.7 Å². The van der Waals surface area contributed by atoms with Gasteiger partial charge in [0.2, 0.25) is 0 Å². The molecular formula is C24H19F3N4OS. The van der Waals surface area contributed by atoms with Gasteiger partial charge in [-0.3, -0.25) is 4.98 Å². The van der Waals surface area contributed by atoms with Crippen LogP contribution in [0.4, 0.5) is 13.2 Å². The van der Waals surface area contributed by atoms with Crippen molar-refractivity contribution in [3.8, 4) is 5.69 Å². The third-order valence-electron chi connectivity index (χ3n) is 5.64. The summed E-state index contributed by atoms with van der Waals surface area (Å²) in [5, 5.41) is 3.86. The zero-order chi connectivity index (χ0) is 23.0. The molecule has 0 bridgehead atoms. The predicted molar refractivity (Wildman–Crippen MR) is 120 cm³/mol. The molecular weight excluding hydrogens is 449 g/mol. The average molecular weight is 469 g/mol. The Balaban J connectivity index is 1.60. The molecule has 3 aromatic heterocycles. The summed E-state index contributed by atoms with van der Waals surface area (Å²) in [6, 6.07) is 17.7. The molecule has 0 unspecified atom stereocenters. The van der Waals surface area contributed by atoms with Gasteiger partial charge in [0.25, 0.3) is 0 Å². The summed E-state index contributed by atoms with van der Waals surface area (Å²) < 4.78 is 47.4. The SMILES string of the molecule is FC(F)(F)c1cccc(-n2cccc2[C@@H]2[C@@H](c3ccccn3)NC(=S)N2Cc2ccco2)c1. The van der Waals surface area contributed by atoms with E-state index in [1.165, 1.54) is 6.07 Å². The molecule has 168 valence electrons. The van der Waals surface area contributed by atoms with Crippen molar-refractivity contribution < 1.29 is 17.6 Å². The highest BCUT2D eigenvalue weighted by Crippen LogP contribution is 2.41. The minimum absolute atomic E-state index is 0.298. The number of hydrogen-bond acceptors (Lipinski definition) is 3. The van der Waals surface area contributed by atoms with E-state index in [4.69, 9.17) is 16.6 Å². The van der Waals surface area contributed by atoms with Gasteiger partial charge in [-0.15, -0.1) is 0 Å². The first-order valence-electron chi connectivity index (χ1n) is 10.3. The zero-order valence-corrected chi connectivity index (χ0v) is 18.1. The maximum atomic E-state index is 13.4. The van der Waals surface area contributed by atoms with Crippen molar-refractivity contribution in [2.45, 2.75) is 24.8 Å². The molecule has 33 heavy (non-hydrogen) atoms. The molecule has 5 rings (SSSR count). The van der Waals surface area contributed by atoms with E-state index in [-0.39, 0.29) is 12.1 Å². The van der Waals surface area contributed by atoms with Crippen LogP contribution in [0.3, 0.4) is 0 Å². The topological polar surface area (TPSA) is 46.2 Å². The number of pyridine rings is 1. The van der Waals surface area contributed by atoms with Crippen LogP contribution in [-0.4, -0.2) is 19.6 Å². The molecule has 1 aliphatic rings. The Morgan fingerprint density at radius 2 is 1.91 bits per heavy atom. The lowest BCUT2D eigenvalue weighted by molar-refractivity contribution is -0.137. The number of hydrogen-bond donors (Lipinski definition) is 1. The van der Waals surface area contributed by atoms with Crippen LogP contribution in [0.2, 0.25) is 0 Å². The average Bonchev–Trinajstić information content (AvgIpc) is 3.55. The van der Waals surface area contributed by atoms with Crippen molar-refractivity contribution in [1.29, 1.82) is 0 Å². The van der Waals surface area contributed by atoms with E-state index in [0.29, 0.717) is 17.3 Å². The molecule has 0 saturated carbocycles. The summed E-state index contributed by atoms with van der Waals surface area (Å²) in [7, 11) is 0. The fourth-order valence-corrected chi connectivity index (χ4v) is 4.48. The van der Waals surface area contributed by atoms with Gasteiger partial charge in [0.15, 0.2) is 5.11 Å². The highest BCUT2D eigenvalue weighted by atomic mass is 32.1. The van der Waals surface area contributed by atoms with Crippen molar-refractivity contribution >= 4 is 17.3 Å². The van der Waals surface area contributed by atoms with Crippen molar-refractivity contribution in [2.75, 3.05) is 0 Å². The monoisotopic (exact) mass is 468 g/mol. The number of rotatable bonds is 5. The van der Waals surface area contributed by atoms with Crippen molar-refractivity contribution in [2.24, 2.45) is 0 Å². The molecule has 1 saturated heterocycles. The van der Waals surface area contributed by atoms with Crippen LogP contribution in [0.5, 0.6) is 0 Å². The molecule has 0 radical (unpaired) electrons. The fourth-order valence-electron chi connectivity index (χ4n) is 4.17. The molecule has 0 aliphatic carbocycles. The third kappa shape index (κ3) is 4.11. The van der Waals surface area contributed by atoms with Gasteiger partial charge in [-0.05, 0) is 66.8 Å². The number of alkyl halides is 3. The molecule has 9 heteroatoms. The third-order valence-corrected chi connectivity index (χ3v) is 5.99. The molecule has 2 atom stereocenters. The Labute approximate surface area is 193 Å². The van der Waals surface area contributed by atoms with Gasteiger partial charge in [0, 0.05) is 23.8 Å². The minimum Gasteiger partial charge on any atom is -0.467 e. The lowest BCUT2D eigenvalue weighted by Crippen LogP contribution is -2.29. The zero-order valence-electron chi connectivity index (χ0n) is 17.2. The van der Waals surface area contributed by atoms with Gasteiger partial charge in [0.05, 0.1) is 36.1 Å². The van der Waals surface area contributed by atoms with Crippen LogP contribution in [0.1, 0.15) is 34.8 Å². The van der Waals surface area contributed by atoms with Crippen LogP contribution in [0, 0.1) is 0 Å². The normalized spacial score (nSPS) is 18.5. The molecule has 1 N–H and O–H groups in total. The van der Waals surface area contributed by atoms with E-state index in [2.05, 4.69) is 10.3 Å². The first kappa shape index (κ1) is 21.3. The Kier molecular flexibility index (Phi) is 5.41. The number of halogens is 3. The highest BCUT2D eigenvalue weighted by molar-refractivity contribution is 7.80. The van der Waals surface area contributed by atoms with Crippen LogP contribution in [-0.2, 0) is 12.7 Å². The Morgan fingerprint density at radius 1 is 1.03 bits per heavy atom. The van der Waals surface area contributed by atoms with Gasteiger partial charge in [-0.1, -0.05) is 12.1 Å². The number of nitrogens with zero attached hydrogens (tertiary/aromatic N) is 3. The van der Waals surface area contributed by atoms with E-state index in [1.807, 2.05) is 41.3 Å². The van der Waals surface area contributed by atoms with Crippen molar-refractivity contribution in [3.63, 3.8) is 0 Å². The molecule has 1 fully saturated rings. The Hall–Kier alpha value is -3.59. The summed E-state index contributed by atoms with van der Waals surface area (Å²) in [5.74, 6) is 0.725. The van der Waals surface area contributed by atoms with Gasteiger partial charge < -0.3 is 19.2 Å². The molecule has 4 aromatic rings. The van der Waals surface area contributed by atoms with Crippen LogP contribution in [0.25, 0.3) is 5.69 Å². The van der Waals surface area contributed by atoms with Gasteiger partial charge >= 0.3 is 6.18 Å². The number of thiocarbonyl (C=S) groups is 1. The Morgan fingerprint density at radius 3 is 2.64 bits per heavy atom. The summed E-state index contributed by atoms with van der Waals surface area (Å²) in [5.41, 5.74) is 1.28. The predicted octanol–water partition coefficient (Wildman–Crippen LogP) is 5.66. The summed E-state index contributed by atoms with van der Waals surface area (Å²) in [6.07, 6.45) is 0.630. The highest BCUT2D eigenvalue weighted by Gasteiger charge is 2.41. The van der Waals surface area contributed by atoms with E-state index in [1.54, 1.807) is 35.4 Å². The largest absolute Gasteiger partial charge is 0.467 e. The summed E-state index contributed by atoms with van der Waals surface area (Å²) in [4.78, 5) is 6.48. The van der Waals surface area contributed by atoms with Crippen molar-refractivity contribution in [3.05, 3.63) is 108 Å².